The number of hydrogen-bond acceptors (Lipinski definition) is 6. The van der Waals surface area contributed by atoms with Crippen molar-refractivity contribution in [3.8, 4) is 22.5 Å². The van der Waals surface area contributed by atoms with Gasteiger partial charge in [-0.05, 0) is 65.8 Å². The zero-order valence-corrected chi connectivity index (χ0v) is 23.5. The number of nitrogens with one attached hydrogen (secondary N) is 2. The number of pyridine rings is 2. The minimum Gasteiger partial charge on any atom is -0.464 e. The summed E-state index contributed by atoms with van der Waals surface area (Å²) in [4.78, 5) is 34.4. The first-order valence-electron chi connectivity index (χ1n) is 13.4. The first-order chi connectivity index (χ1) is 20.0. The maximum atomic E-state index is 14.3. The van der Waals surface area contributed by atoms with Crippen LogP contribution < -0.4 is 10.6 Å². The normalized spacial score (nSPS) is 17.2. The number of aliphatic hydroxyl groups excluding tert-OH is 1. The van der Waals surface area contributed by atoms with Crippen molar-refractivity contribution in [1.29, 1.82) is 0 Å². The smallest absolute Gasteiger partial charge is 0.356 e. The molecule has 2 heterocycles. The van der Waals surface area contributed by atoms with Gasteiger partial charge < -0.3 is 20.5 Å². The SMILES string of the molecule is COC(=O)c1cc(-c2nc(-c3ccccc3)c(NC(=O)NC3c4cc(F)c(F)cc4C(C)(C)C[C@H]3O)cc2C)ccn1. The molecule has 0 saturated carbocycles. The molecule has 8 nitrogen and oxygen atoms in total. The Bertz CT molecular complexity index is 1680. The Hall–Kier alpha value is -4.70. The van der Waals surface area contributed by atoms with Crippen molar-refractivity contribution in [3.05, 3.63) is 101 Å². The lowest BCUT2D eigenvalue weighted by atomic mass is 9.69. The van der Waals surface area contributed by atoms with E-state index in [1.807, 2.05) is 51.1 Å². The molecule has 42 heavy (non-hydrogen) atoms. The van der Waals surface area contributed by atoms with Crippen LogP contribution >= 0.6 is 0 Å². The molecule has 2 atom stereocenters. The molecule has 1 aliphatic carbocycles. The molecule has 0 radical (unpaired) electrons. The molecule has 2 aromatic heterocycles. The van der Waals surface area contributed by atoms with Gasteiger partial charge in [-0.25, -0.2) is 28.3 Å². The number of carbonyl (C=O) groups excluding carboxylic acids is 2. The average molecular weight is 573 g/mol. The Balaban J connectivity index is 1.51. The average Bonchev–Trinajstić information content (AvgIpc) is 2.96. The van der Waals surface area contributed by atoms with Gasteiger partial charge in [0.1, 0.15) is 5.69 Å². The Morgan fingerprint density at radius 1 is 1.00 bits per heavy atom. The summed E-state index contributed by atoms with van der Waals surface area (Å²) in [7, 11) is 1.28. The number of esters is 1. The number of amides is 2. The molecule has 2 amide bonds. The summed E-state index contributed by atoms with van der Waals surface area (Å²) in [6.45, 7) is 5.49. The predicted octanol–water partition coefficient (Wildman–Crippen LogP) is 6.09. The standard InChI is InChI=1S/C32H30F2N4O4/c1-17-12-24(36-31(41)38-29-20-14-22(33)23(34)15-21(20)32(2,3)16-26(29)39)28(18-8-6-5-7-9-18)37-27(17)19-10-11-35-25(13-19)30(40)42-4/h5-15,26,29,39H,16H2,1-4H3,(H2,36,38,41)/t26-,29?/m1/s1. The van der Waals surface area contributed by atoms with Crippen LogP contribution in [-0.2, 0) is 10.2 Å². The summed E-state index contributed by atoms with van der Waals surface area (Å²) in [5.74, 6) is -2.62. The number of ether oxygens (including phenoxy) is 1. The van der Waals surface area contributed by atoms with Crippen LogP contribution in [0.2, 0.25) is 0 Å². The number of anilines is 1. The Kier molecular flexibility index (Phi) is 7.74. The van der Waals surface area contributed by atoms with Crippen molar-refractivity contribution in [2.24, 2.45) is 0 Å². The zero-order chi connectivity index (χ0) is 30.2. The van der Waals surface area contributed by atoms with Crippen LogP contribution in [0.25, 0.3) is 22.5 Å². The summed E-state index contributed by atoms with van der Waals surface area (Å²) in [5.41, 5.74) is 3.82. The van der Waals surface area contributed by atoms with Gasteiger partial charge >= 0.3 is 12.0 Å². The van der Waals surface area contributed by atoms with E-state index >= 15 is 0 Å². The highest BCUT2D eigenvalue weighted by Gasteiger charge is 2.40. The molecule has 10 heteroatoms. The van der Waals surface area contributed by atoms with Gasteiger partial charge in [-0.1, -0.05) is 44.2 Å². The molecule has 1 aliphatic rings. The minimum atomic E-state index is -1.06. The van der Waals surface area contributed by atoms with E-state index in [9.17, 15) is 23.5 Å². The summed E-state index contributed by atoms with van der Waals surface area (Å²) >= 11 is 0. The van der Waals surface area contributed by atoms with Gasteiger partial charge in [0.2, 0.25) is 0 Å². The van der Waals surface area contributed by atoms with Crippen LogP contribution in [0, 0.1) is 18.6 Å². The number of benzene rings is 2. The van der Waals surface area contributed by atoms with E-state index in [1.165, 1.54) is 13.3 Å². The molecule has 3 N–H and O–H groups in total. The minimum absolute atomic E-state index is 0.129. The van der Waals surface area contributed by atoms with E-state index < -0.39 is 41.2 Å². The van der Waals surface area contributed by atoms with Crippen LogP contribution in [0.15, 0.2) is 66.9 Å². The second-order valence-corrected chi connectivity index (χ2v) is 10.9. The quantitative estimate of drug-likeness (QED) is 0.250. The number of urea groups is 1. The van der Waals surface area contributed by atoms with Crippen LogP contribution in [0.4, 0.5) is 19.3 Å². The predicted molar refractivity (Wildman–Crippen MR) is 154 cm³/mol. The first-order valence-corrected chi connectivity index (χ1v) is 13.4. The molecule has 216 valence electrons. The van der Waals surface area contributed by atoms with Crippen molar-refractivity contribution < 1.29 is 28.2 Å². The van der Waals surface area contributed by atoms with Gasteiger partial charge in [0.25, 0.3) is 0 Å². The molecule has 0 aliphatic heterocycles. The number of hydrogen-bond donors (Lipinski definition) is 3. The third kappa shape index (κ3) is 5.58. The van der Waals surface area contributed by atoms with E-state index in [2.05, 4.69) is 15.6 Å². The third-order valence-corrected chi connectivity index (χ3v) is 7.48. The molecule has 0 bridgehead atoms. The maximum Gasteiger partial charge on any atom is 0.356 e. The lowest BCUT2D eigenvalue weighted by molar-refractivity contribution is 0.0594. The molecular formula is C32H30F2N4O4. The fourth-order valence-electron chi connectivity index (χ4n) is 5.45. The third-order valence-electron chi connectivity index (χ3n) is 7.48. The van der Waals surface area contributed by atoms with E-state index in [4.69, 9.17) is 9.72 Å². The van der Waals surface area contributed by atoms with Crippen LogP contribution in [0.5, 0.6) is 0 Å². The Morgan fingerprint density at radius 3 is 2.43 bits per heavy atom. The summed E-state index contributed by atoms with van der Waals surface area (Å²) in [5, 5.41) is 16.5. The Morgan fingerprint density at radius 2 is 1.71 bits per heavy atom. The van der Waals surface area contributed by atoms with Gasteiger partial charge in [-0.15, -0.1) is 0 Å². The number of aryl methyl sites for hydroxylation is 1. The molecule has 4 aromatic rings. The summed E-state index contributed by atoms with van der Waals surface area (Å²) in [6, 6.07) is 14.8. The number of carbonyl (C=O) groups is 2. The topological polar surface area (TPSA) is 113 Å². The van der Waals surface area contributed by atoms with Crippen molar-refractivity contribution in [2.45, 2.75) is 44.8 Å². The molecule has 0 saturated heterocycles. The van der Waals surface area contributed by atoms with E-state index in [0.29, 0.717) is 39.3 Å². The van der Waals surface area contributed by atoms with Gasteiger partial charge in [-0.3, -0.25) is 0 Å². The van der Waals surface area contributed by atoms with E-state index in [1.54, 1.807) is 18.2 Å². The molecule has 0 spiro atoms. The number of fused-ring (bicyclic) bond motifs is 1. The van der Waals surface area contributed by atoms with E-state index in [0.717, 1.165) is 17.7 Å². The fraction of sp³-hybridized carbons (Fsp3) is 0.250. The molecule has 5 rings (SSSR count). The second-order valence-electron chi connectivity index (χ2n) is 10.9. The number of halogens is 2. The lowest BCUT2D eigenvalue weighted by Crippen LogP contribution is -2.45. The zero-order valence-electron chi connectivity index (χ0n) is 23.5. The van der Waals surface area contributed by atoms with Gasteiger partial charge in [0.15, 0.2) is 11.6 Å². The maximum absolute atomic E-state index is 14.3. The van der Waals surface area contributed by atoms with Crippen LogP contribution in [-0.4, -0.2) is 40.3 Å². The van der Waals surface area contributed by atoms with Crippen molar-refractivity contribution in [3.63, 3.8) is 0 Å². The van der Waals surface area contributed by atoms with Gasteiger partial charge in [0, 0.05) is 17.3 Å². The molecular weight excluding hydrogens is 542 g/mol. The van der Waals surface area contributed by atoms with Gasteiger partial charge in [0.05, 0.1) is 36.3 Å². The van der Waals surface area contributed by atoms with Crippen molar-refractivity contribution >= 4 is 17.7 Å². The highest BCUT2D eigenvalue weighted by Crippen LogP contribution is 2.42. The van der Waals surface area contributed by atoms with Crippen molar-refractivity contribution in [1.82, 2.24) is 15.3 Å². The van der Waals surface area contributed by atoms with Crippen LogP contribution in [0.3, 0.4) is 0 Å². The highest BCUT2D eigenvalue weighted by molar-refractivity contribution is 5.95. The van der Waals surface area contributed by atoms with Gasteiger partial charge in [-0.2, -0.15) is 0 Å². The summed E-state index contributed by atoms with van der Waals surface area (Å²) in [6.07, 6.45) is 0.697. The van der Waals surface area contributed by atoms with Crippen molar-refractivity contribution in [2.75, 3.05) is 12.4 Å². The first kappa shape index (κ1) is 28.8. The largest absolute Gasteiger partial charge is 0.464 e. The van der Waals surface area contributed by atoms with E-state index in [-0.39, 0.29) is 12.1 Å². The van der Waals surface area contributed by atoms with Crippen LogP contribution in [0.1, 0.15) is 53.5 Å². The Labute approximate surface area is 241 Å². The molecule has 2 aromatic carbocycles. The summed E-state index contributed by atoms with van der Waals surface area (Å²) < 4.78 is 33.2. The molecule has 0 fully saturated rings. The lowest BCUT2D eigenvalue weighted by Gasteiger charge is -2.40. The number of aromatic nitrogens is 2. The number of methoxy groups -OCH3 is 1. The highest BCUT2D eigenvalue weighted by atomic mass is 19.2. The number of rotatable bonds is 5. The molecule has 1 unspecified atom stereocenters. The number of aliphatic hydroxyl groups is 1. The second kappa shape index (κ2) is 11.3. The monoisotopic (exact) mass is 572 g/mol. The number of nitrogens with zero attached hydrogens (tertiary/aromatic N) is 2. The fourth-order valence-corrected chi connectivity index (χ4v) is 5.45.